The third kappa shape index (κ3) is 5.20. The summed E-state index contributed by atoms with van der Waals surface area (Å²) in [6.45, 7) is 6.65. The van der Waals surface area contributed by atoms with Gasteiger partial charge in [0, 0.05) is 37.8 Å². The van der Waals surface area contributed by atoms with E-state index in [2.05, 4.69) is 21.6 Å². The van der Waals surface area contributed by atoms with Crippen LogP contribution in [0.5, 0.6) is 0 Å². The van der Waals surface area contributed by atoms with Crippen molar-refractivity contribution >= 4 is 0 Å². The van der Waals surface area contributed by atoms with Crippen molar-refractivity contribution in [1.82, 2.24) is 9.80 Å². The first-order valence-electron chi connectivity index (χ1n) is 8.91. The van der Waals surface area contributed by atoms with Crippen LogP contribution in [-0.2, 0) is 6.54 Å². The molecule has 0 bridgehead atoms. The zero-order valence-corrected chi connectivity index (χ0v) is 14.8. The van der Waals surface area contributed by atoms with E-state index in [1.54, 1.807) is 0 Å². The fraction of sp³-hybridized carbons (Fsp3) is 0.429. The van der Waals surface area contributed by atoms with Gasteiger partial charge in [-0.25, -0.2) is 0 Å². The first-order chi connectivity index (χ1) is 12.2. The molecule has 0 radical (unpaired) electrons. The second kappa shape index (κ2) is 8.87. The molecule has 2 heterocycles. The van der Waals surface area contributed by atoms with Gasteiger partial charge < -0.3 is 9.52 Å². The Morgan fingerprint density at radius 1 is 1.16 bits per heavy atom. The third-order valence-corrected chi connectivity index (χ3v) is 4.62. The maximum absolute atomic E-state index is 9.42. The second-order valence-electron chi connectivity index (χ2n) is 6.55. The van der Waals surface area contributed by atoms with Crippen molar-refractivity contribution in [2.75, 3.05) is 32.8 Å². The Bertz CT molecular complexity index is 714. The van der Waals surface area contributed by atoms with Crippen molar-refractivity contribution in [1.29, 1.82) is 0 Å². The molecule has 4 heteroatoms. The number of aliphatic hydroxyl groups is 1. The van der Waals surface area contributed by atoms with E-state index in [1.807, 2.05) is 49.4 Å². The smallest absolute Gasteiger partial charge is 0.118 e. The summed E-state index contributed by atoms with van der Waals surface area (Å²) < 4.78 is 5.71. The summed E-state index contributed by atoms with van der Waals surface area (Å²) in [6.07, 6.45) is 0.780. The summed E-state index contributed by atoms with van der Waals surface area (Å²) in [5, 5.41) is 9.42. The van der Waals surface area contributed by atoms with Gasteiger partial charge in [-0.05, 0) is 37.6 Å². The van der Waals surface area contributed by atoms with Gasteiger partial charge in [-0.3, -0.25) is 9.80 Å². The van der Waals surface area contributed by atoms with E-state index in [9.17, 15) is 5.11 Å². The maximum atomic E-state index is 9.42. The lowest BCUT2D eigenvalue weighted by Gasteiger charge is -2.40. The molecule has 0 saturated carbocycles. The number of furan rings is 1. The molecule has 1 saturated heterocycles. The number of hydrogen-bond donors (Lipinski definition) is 1. The Hall–Kier alpha value is -2.06. The molecule has 1 unspecified atom stereocenters. The molecule has 3 rings (SSSR count). The second-order valence-corrected chi connectivity index (χ2v) is 6.55. The van der Waals surface area contributed by atoms with Gasteiger partial charge in [0.15, 0.2) is 0 Å². The lowest BCUT2D eigenvalue weighted by Crippen LogP contribution is -2.52. The number of hydrogen-bond acceptors (Lipinski definition) is 4. The van der Waals surface area contributed by atoms with Gasteiger partial charge in [0.25, 0.3) is 0 Å². The number of aryl methyl sites for hydroxylation is 1. The van der Waals surface area contributed by atoms with Crippen LogP contribution < -0.4 is 0 Å². The Balaban J connectivity index is 1.56. The Labute approximate surface area is 150 Å². The fourth-order valence-corrected chi connectivity index (χ4v) is 3.28. The zero-order valence-electron chi connectivity index (χ0n) is 14.8. The average Bonchev–Trinajstić information content (AvgIpc) is 3.03. The van der Waals surface area contributed by atoms with Crippen molar-refractivity contribution in [3.05, 3.63) is 59.5 Å². The van der Waals surface area contributed by atoms with Crippen molar-refractivity contribution < 1.29 is 9.52 Å². The number of rotatable bonds is 5. The average molecular weight is 338 g/mol. The minimum absolute atomic E-state index is 0.210. The molecule has 4 nitrogen and oxygen atoms in total. The van der Waals surface area contributed by atoms with Gasteiger partial charge in [-0.15, -0.1) is 0 Å². The molecule has 25 heavy (non-hydrogen) atoms. The number of benzene rings is 1. The molecule has 1 atom stereocenters. The van der Waals surface area contributed by atoms with Gasteiger partial charge in [0.2, 0.25) is 0 Å². The van der Waals surface area contributed by atoms with Crippen LogP contribution in [0, 0.1) is 18.8 Å². The van der Waals surface area contributed by atoms with Gasteiger partial charge in [0.05, 0.1) is 13.1 Å². The predicted octanol–water partition coefficient (Wildman–Crippen LogP) is 2.51. The van der Waals surface area contributed by atoms with E-state index in [-0.39, 0.29) is 6.61 Å². The molecular weight excluding hydrogens is 312 g/mol. The van der Waals surface area contributed by atoms with E-state index in [0.717, 1.165) is 56.2 Å². The van der Waals surface area contributed by atoms with E-state index in [0.29, 0.717) is 6.04 Å². The van der Waals surface area contributed by atoms with Crippen LogP contribution in [0.25, 0.3) is 0 Å². The SMILES string of the molecule is Cc1ccc(CN2CCN(CC#Cc3ccccc3)CC2CCO)o1. The summed E-state index contributed by atoms with van der Waals surface area (Å²) in [4.78, 5) is 4.79. The molecule has 2 aromatic rings. The molecule has 1 aromatic carbocycles. The standard InChI is InChI=1S/C21H26N2O2/c1-18-9-10-21(25-18)17-23-14-13-22(16-20(23)11-15-24)12-5-8-19-6-3-2-4-7-19/h2-4,6-7,9-10,20,24H,11-17H2,1H3. The summed E-state index contributed by atoms with van der Waals surface area (Å²) in [7, 11) is 0. The molecule has 0 spiro atoms. The van der Waals surface area contributed by atoms with Crippen LogP contribution in [0.3, 0.4) is 0 Å². The summed E-state index contributed by atoms with van der Waals surface area (Å²) in [5.41, 5.74) is 1.06. The van der Waals surface area contributed by atoms with Crippen LogP contribution in [-0.4, -0.2) is 53.7 Å². The highest BCUT2D eigenvalue weighted by molar-refractivity contribution is 5.33. The van der Waals surface area contributed by atoms with E-state index in [4.69, 9.17) is 4.42 Å². The maximum Gasteiger partial charge on any atom is 0.118 e. The van der Waals surface area contributed by atoms with Crippen LogP contribution in [0.2, 0.25) is 0 Å². The first-order valence-corrected chi connectivity index (χ1v) is 8.91. The fourth-order valence-electron chi connectivity index (χ4n) is 3.28. The van der Waals surface area contributed by atoms with Gasteiger partial charge >= 0.3 is 0 Å². The molecule has 0 aliphatic carbocycles. The van der Waals surface area contributed by atoms with E-state index >= 15 is 0 Å². The highest BCUT2D eigenvalue weighted by Gasteiger charge is 2.26. The van der Waals surface area contributed by atoms with Gasteiger partial charge in [-0.1, -0.05) is 30.0 Å². The van der Waals surface area contributed by atoms with E-state index < -0.39 is 0 Å². The Morgan fingerprint density at radius 2 is 2.00 bits per heavy atom. The van der Waals surface area contributed by atoms with Crippen molar-refractivity contribution in [2.24, 2.45) is 0 Å². The van der Waals surface area contributed by atoms with Crippen molar-refractivity contribution in [3.63, 3.8) is 0 Å². The molecule has 1 aliphatic rings. The van der Waals surface area contributed by atoms with Crippen LogP contribution >= 0.6 is 0 Å². The highest BCUT2D eigenvalue weighted by Crippen LogP contribution is 2.17. The quantitative estimate of drug-likeness (QED) is 0.851. The monoisotopic (exact) mass is 338 g/mol. The molecule has 0 amide bonds. The molecule has 1 aromatic heterocycles. The minimum Gasteiger partial charge on any atom is -0.465 e. The molecule has 1 aliphatic heterocycles. The van der Waals surface area contributed by atoms with Crippen LogP contribution in [0.4, 0.5) is 0 Å². The first kappa shape index (κ1) is 17.8. The minimum atomic E-state index is 0.210. The normalized spacial score (nSPS) is 18.7. The van der Waals surface area contributed by atoms with Crippen molar-refractivity contribution in [3.8, 4) is 11.8 Å². The number of piperazine rings is 1. The summed E-state index contributed by atoms with van der Waals surface area (Å²) in [6, 6.07) is 14.5. The molecular formula is C21H26N2O2. The topological polar surface area (TPSA) is 39.9 Å². The summed E-state index contributed by atoms with van der Waals surface area (Å²) in [5.74, 6) is 8.45. The predicted molar refractivity (Wildman–Crippen MR) is 99.1 cm³/mol. The number of aliphatic hydroxyl groups excluding tert-OH is 1. The van der Waals surface area contributed by atoms with Crippen molar-refractivity contribution in [2.45, 2.75) is 25.9 Å². The van der Waals surface area contributed by atoms with Crippen LogP contribution in [0.1, 0.15) is 23.5 Å². The lowest BCUT2D eigenvalue weighted by molar-refractivity contribution is 0.0555. The Kier molecular flexibility index (Phi) is 6.30. The molecule has 1 fully saturated rings. The molecule has 132 valence electrons. The zero-order chi connectivity index (χ0) is 17.5. The molecule has 1 N–H and O–H groups in total. The van der Waals surface area contributed by atoms with Gasteiger partial charge in [0.1, 0.15) is 11.5 Å². The summed E-state index contributed by atoms with van der Waals surface area (Å²) >= 11 is 0. The third-order valence-electron chi connectivity index (χ3n) is 4.62. The van der Waals surface area contributed by atoms with E-state index in [1.165, 1.54) is 0 Å². The highest BCUT2D eigenvalue weighted by atomic mass is 16.3. The number of nitrogens with zero attached hydrogens (tertiary/aromatic N) is 2. The van der Waals surface area contributed by atoms with Gasteiger partial charge in [-0.2, -0.15) is 0 Å². The largest absolute Gasteiger partial charge is 0.465 e. The Morgan fingerprint density at radius 3 is 2.72 bits per heavy atom. The van der Waals surface area contributed by atoms with Crippen LogP contribution in [0.15, 0.2) is 46.9 Å². The lowest BCUT2D eigenvalue weighted by atomic mass is 10.1.